The number of anilines is 1. The van der Waals surface area contributed by atoms with Gasteiger partial charge in [0.25, 0.3) is 5.91 Å². The highest BCUT2D eigenvalue weighted by Gasteiger charge is 2.22. The Bertz CT molecular complexity index is 926. The Balaban J connectivity index is 1.52. The van der Waals surface area contributed by atoms with E-state index in [1.54, 1.807) is 6.07 Å². The first-order chi connectivity index (χ1) is 12.6. The van der Waals surface area contributed by atoms with Crippen molar-refractivity contribution >= 4 is 22.9 Å². The van der Waals surface area contributed by atoms with Gasteiger partial charge in [-0.3, -0.25) is 9.69 Å². The summed E-state index contributed by atoms with van der Waals surface area (Å²) in [5, 5.41) is 0. The smallest absolute Gasteiger partial charge is 0.250 e. The van der Waals surface area contributed by atoms with E-state index in [0.29, 0.717) is 11.1 Å². The number of fused-ring (bicyclic) bond motifs is 1. The largest absolute Gasteiger partial charge is 0.366 e. The summed E-state index contributed by atoms with van der Waals surface area (Å²) in [5.41, 5.74) is 8.94. The second-order valence-electron chi connectivity index (χ2n) is 6.76. The SMILES string of the molecule is Cn1c(N2CCN(Cc3ccccc3)CC2)nc2c(C(N)=O)cccc21. The van der Waals surface area contributed by atoms with Crippen LogP contribution in [0.15, 0.2) is 48.5 Å². The number of amides is 1. The fraction of sp³-hybridized carbons (Fsp3) is 0.300. The lowest BCUT2D eigenvalue weighted by atomic mass is 10.2. The minimum Gasteiger partial charge on any atom is -0.366 e. The lowest BCUT2D eigenvalue weighted by Gasteiger charge is -2.35. The molecule has 6 heteroatoms. The van der Waals surface area contributed by atoms with E-state index < -0.39 is 5.91 Å². The van der Waals surface area contributed by atoms with Crippen LogP contribution < -0.4 is 10.6 Å². The summed E-state index contributed by atoms with van der Waals surface area (Å²) in [6, 6.07) is 16.1. The summed E-state index contributed by atoms with van der Waals surface area (Å²) in [6.07, 6.45) is 0. The summed E-state index contributed by atoms with van der Waals surface area (Å²) < 4.78 is 2.05. The van der Waals surface area contributed by atoms with Gasteiger partial charge in [-0.15, -0.1) is 0 Å². The third-order valence-corrected chi connectivity index (χ3v) is 5.06. The predicted octanol–water partition coefficient (Wildman–Crippen LogP) is 1.99. The zero-order valence-corrected chi connectivity index (χ0v) is 14.9. The number of para-hydroxylation sites is 1. The number of aryl methyl sites for hydroxylation is 1. The van der Waals surface area contributed by atoms with E-state index in [9.17, 15) is 4.79 Å². The third-order valence-electron chi connectivity index (χ3n) is 5.06. The van der Waals surface area contributed by atoms with Crippen molar-refractivity contribution in [3.05, 3.63) is 59.7 Å². The van der Waals surface area contributed by atoms with E-state index in [4.69, 9.17) is 10.7 Å². The first kappa shape index (κ1) is 16.6. The number of hydrogen-bond acceptors (Lipinski definition) is 4. The first-order valence-corrected chi connectivity index (χ1v) is 8.90. The van der Waals surface area contributed by atoms with Gasteiger partial charge in [0, 0.05) is 39.8 Å². The number of carbonyl (C=O) groups excluding carboxylic acids is 1. The Hall–Kier alpha value is -2.86. The fourth-order valence-corrected chi connectivity index (χ4v) is 3.63. The molecule has 26 heavy (non-hydrogen) atoms. The summed E-state index contributed by atoms with van der Waals surface area (Å²) in [4.78, 5) is 21.2. The average molecular weight is 349 g/mol. The molecule has 2 heterocycles. The highest BCUT2D eigenvalue weighted by Crippen LogP contribution is 2.25. The molecule has 3 aromatic rings. The van der Waals surface area contributed by atoms with Crippen LogP contribution in [-0.4, -0.2) is 46.5 Å². The zero-order valence-electron chi connectivity index (χ0n) is 14.9. The second-order valence-corrected chi connectivity index (χ2v) is 6.76. The summed E-state index contributed by atoms with van der Waals surface area (Å²) in [5.74, 6) is 0.459. The Kier molecular flexibility index (Phi) is 4.34. The van der Waals surface area contributed by atoms with Crippen molar-refractivity contribution in [3.63, 3.8) is 0 Å². The number of imidazole rings is 1. The Morgan fingerprint density at radius 3 is 2.46 bits per heavy atom. The maximum atomic E-state index is 11.7. The van der Waals surface area contributed by atoms with Gasteiger partial charge in [-0.2, -0.15) is 0 Å². The predicted molar refractivity (Wildman–Crippen MR) is 103 cm³/mol. The number of hydrogen-bond donors (Lipinski definition) is 1. The lowest BCUT2D eigenvalue weighted by Crippen LogP contribution is -2.46. The van der Waals surface area contributed by atoms with Gasteiger partial charge < -0.3 is 15.2 Å². The lowest BCUT2D eigenvalue weighted by molar-refractivity contribution is 0.100. The zero-order chi connectivity index (χ0) is 18.1. The van der Waals surface area contributed by atoms with Gasteiger partial charge in [0.2, 0.25) is 5.95 Å². The van der Waals surface area contributed by atoms with Crippen molar-refractivity contribution in [2.45, 2.75) is 6.54 Å². The summed E-state index contributed by atoms with van der Waals surface area (Å²) in [6.45, 7) is 4.77. The van der Waals surface area contributed by atoms with E-state index in [0.717, 1.165) is 44.2 Å². The first-order valence-electron chi connectivity index (χ1n) is 8.90. The van der Waals surface area contributed by atoms with Crippen LogP contribution in [0.3, 0.4) is 0 Å². The van der Waals surface area contributed by atoms with Gasteiger partial charge in [-0.05, 0) is 17.7 Å². The van der Waals surface area contributed by atoms with E-state index >= 15 is 0 Å². The van der Waals surface area contributed by atoms with Crippen molar-refractivity contribution in [2.24, 2.45) is 12.8 Å². The van der Waals surface area contributed by atoms with Crippen molar-refractivity contribution in [2.75, 3.05) is 31.1 Å². The molecule has 1 aliphatic heterocycles. The highest BCUT2D eigenvalue weighted by molar-refractivity contribution is 6.04. The number of nitrogens with zero attached hydrogens (tertiary/aromatic N) is 4. The van der Waals surface area contributed by atoms with Crippen LogP contribution in [0.5, 0.6) is 0 Å². The molecule has 0 atom stereocenters. The van der Waals surface area contributed by atoms with Gasteiger partial charge >= 0.3 is 0 Å². The number of primary amides is 1. The van der Waals surface area contributed by atoms with Gasteiger partial charge in [0.05, 0.1) is 11.1 Å². The molecule has 1 amide bonds. The van der Waals surface area contributed by atoms with E-state index in [2.05, 4.69) is 38.6 Å². The quantitative estimate of drug-likeness (QED) is 0.782. The third kappa shape index (κ3) is 3.04. The van der Waals surface area contributed by atoms with Crippen LogP contribution in [0.2, 0.25) is 0 Å². The van der Waals surface area contributed by atoms with Gasteiger partial charge in [-0.25, -0.2) is 4.98 Å². The van der Waals surface area contributed by atoms with E-state index in [1.807, 2.05) is 25.2 Å². The van der Waals surface area contributed by atoms with Crippen molar-refractivity contribution in [1.29, 1.82) is 0 Å². The van der Waals surface area contributed by atoms with Crippen LogP contribution in [0.4, 0.5) is 5.95 Å². The van der Waals surface area contributed by atoms with Gasteiger partial charge in [-0.1, -0.05) is 36.4 Å². The number of rotatable bonds is 4. The van der Waals surface area contributed by atoms with E-state index in [1.165, 1.54) is 5.56 Å². The van der Waals surface area contributed by atoms with Crippen molar-refractivity contribution in [3.8, 4) is 0 Å². The molecule has 2 aromatic carbocycles. The van der Waals surface area contributed by atoms with Crippen LogP contribution in [0.25, 0.3) is 11.0 Å². The fourth-order valence-electron chi connectivity index (χ4n) is 3.63. The molecular weight excluding hydrogens is 326 g/mol. The molecule has 0 saturated carbocycles. The molecule has 0 radical (unpaired) electrons. The Morgan fingerprint density at radius 2 is 1.77 bits per heavy atom. The van der Waals surface area contributed by atoms with E-state index in [-0.39, 0.29) is 0 Å². The van der Waals surface area contributed by atoms with Gasteiger partial charge in [0.1, 0.15) is 5.52 Å². The molecule has 0 aliphatic carbocycles. The minimum atomic E-state index is -0.437. The number of piperazine rings is 1. The standard InChI is InChI=1S/C20H23N5O/c1-23-17-9-5-8-16(19(21)26)18(17)22-20(23)25-12-10-24(11-13-25)14-15-6-3-2-4-7-15/h2-9H,10-14H2,1H3,(H2,21,26). The molecule has 6 nitrogen and oxygen atoms in total. The van der Waals surface area contributed by atoms with Crippen molar-refractivity contribution in [1.82, 2.24) is 14.5 Å². The van der Waals surface area contributed by atoms with Crippen LogP contribution in [0.1, 0.15) is 15.9 Å². The molecule has 0 unspecified atom stereocenters. The minimum absolute atomic E-state index is 0.437. The summed E-state index contributed by atoms with van der Waals surface area (Å²) in [7, 11) is 1.99. The number of nitrogens with two attached hydrogens (primary N) is 1. The van der Waals surface area contributed by atoms with Crippen LogP contribution >= 0.6 is 0 Å². The normalized spacial score (nSPS) is 15.5. The highest BCUT2D eigenvalue weighted by atomic mass is 16.1. The Morgan fingerprint density at radius 1 is 1.04 bits per heavy atom. The number of aromatic nitrogens is 2. The monoisotopic (exact) mass is 349 g/mol. The maximum Gasteiger partial charge on any atom is 0.250 e. The van der Waals surface area contributed by atoms with Crippen LogP contribution in [-0.2, 0) is 13.6 Å². The molecule has 1 fully saturated rings. The molecule has 2 N–H and O–H groups in total. The molecule has 4 rings (SSSR count). The Labute approximate surface area is 152 Å². The van der Waals surface area contributed by atoms with Crippen molar-refractivity contribution < 1.29 is 4.79 Å². The topological polar surface area (TPSA) is 67.4 Å². The van der Waals surface area contributed by atoms with Crippen LogP contribution in [0, 0.1) is 0 Å². The molecule has 1 aliphatic rings. The van der Waals surface area contributed by atoms with Gasteiger partial charge in [0.15, 0.2) is 0 Å². The summed E-state index contributed by atoms with van der Waals surface area (Å²) >= 11 is 0. The second kappa shape index (κ2) is 6.80. The molecule has 1 saturated heterocycles. The molecular formula is C20H23N5O. The molecule has 1 aromatic heterocycles. The number of benzene rings is 2. The molecule has 0 bridgehead atoms. The maximum absolute atomic E-state index is 11.7. The number of carbonyl (C=O) groups is 1. The average Bonchev–Trinajstić information content (AvgIpc) is 3.00. The molecule has 0 spiro atoms. The molecule has 134 valence electrons.